The van der Waals surface area contributed by atoms with Gasteiger partial charge in [-0.15, -0.1) is 22.7 Å². The maximum Gasteiger partial charge on any atom is 0.678 e. The predicted molar refractivity (Wildman–Crippen MR) is 145 cm³/mol. The summed E-state index contributed by atoms with van der Waals surface area (Å²) < 4.78 is 58.3. The summed E-state index contributed by atoms with van der Waals surface area (Å²) >= 11 is 2.77. The van der Waals surface area contributed by atoms with E-state index in [1.165, 1.54) is 35.1 Å². The lowest BCUT2D eigenvalue weighted by atomic mass is 10.1. The van der Waals surface area contributed by atoms with Gasteiger partial charge in [-0.05, 0) is 59.0 Å². The van der Waals surface area contributed by atoms with Gasteiger partial charge in [0.05, 0.1) is 35.2 Å². The molecule has 0 atom stereocenters. The molecule has 36 heavy (non-hydrogen) atoms. The highest BCUT2D eigenvalue weighted by Gasteiger charge is 2.28. The molecule has 0 bridgehead atoms. The average Bonchev–Trinajstić information content (AvgIpc) is 3.63. The van der Waals surface area contributed by atoms with Crippen LogP contribution in [0.5, 0.6) is 0 Å². The van der Waals surface area contributed by atoms with Crippen molar-refractivity contribution in [3.63, 3.8) is 0 Å². The highest BCUT2D eigenvalue weighted by Crippen LogP contribution is 2.32. The third-order valence-electron chi connectivity index (χ3n) is 5.72. The van der Waals surface area contributed by atoms with E-state index in [1.807, 2.05) is 36.7 Å². The number of thiophene rings is 2. The number of hydrogen-bond acceptors (Lipinski definition) is 4. The van der Waals surface area contributed by atoms with Crippen molar-refractivity contribution in [1.82, 2.24) is 8.96 Å². The minimum atomic E-state index is -2.77. The molecule has 0 aromatic carbocycles. The molecule has 0 radical (unpaired) electrons. The minimum absolute atomic E-state index is 0.268. The number of nitrogens with zero attached hydrogens (tertiary/aromatic N) is 4. The summed E-state index contributed by atoms with van der Waals surface area (Å²) in [4.78, 5) is 1.46. The van der Waals surface area contributed by atoms with E-state index < -0.39 is 14.8 Å². The van der Waals surface area contributed by atoms with Crippen LogP contribution in [-0.4, -0.2) is 36.2 Å². The molecule has 0 unspecified atom stereocenters. The highest BCUT2D eigenvalue weighted by atomic mass is 32.1. The van der Waals surface area contributed by atoms with Crippen LogP contribution in [0.25, 0.3) is 21.1 Å². The molecule has 4 nitrogen and oxygen atoms in total. The summed E-state index contributed by atoms with van der Waals surface area (Å²) in [7, 11) is -5.53. The maximum atomic E-state index is 14.1. The van der Waals surface area contributed by atoms with Crippen LogP contribution in [-0.2, 0) is 12.8 Å². The summed E-state index contributed by atoms with van der Waals surface area (Å²) in [5.41, 5.74) is 2.86. The Kier molecular flexibility index (Phi) is 8.68. The Hall–Kier alpha value is -2.85. The number of hydrogen-bond donors (Lipinski definition) is 0. The molecule has 0 saturated carbocycles. The largest absolute Gasteiger partial charge is 0.678 e. The van der Waals surface area contributed by atoms with E-state index in [0.717, 1.165) is 42.7 Å². The Morgan fingerprint density at radius 3 is 1.47 bits per heavy atom. The van der Waals surface area contributed by atoms with Crippen LogP contribution in [0, 0.1) is 0 Å². The second-order valence-electron chi connectivity index (χ2n) is 8.12. The Morgan fingerprint density at radius 2 is 1.17 bits per heavy atom. The molecule has 4 aromatic rings. The van der Waals surface area contributed by atoms with Gasteiger partial charge >= 0.3 is 14.8 Å². The van der Waals surface area contributed by atoms with Gasteiger partial charge < -0.3 is 8.96 Å². The third-order valence-corrected chi connectivity index (χ3v) is 7.51. The summed E-state index contributed by atoms with van der Waals surface area (Å²) in [5.74, 6) is 0. The van der Waals surface area contributed by atoms with Gasteiger partial charge in [-0.25, -0.2) is 0 Å². The lowest BCUT2D eigenvalue weighted by Crippen LogP contribution is -2.18. The molecule has 186 valence electrons. The van der Waals surface area contributed by atoms with Crippen LogP contribution < -0.4 is 0 Å². The molecule has 0 spiro atoms. The van der Waals surface area contributed by atoms with Crippen LogP contribution in [0.3, 0.4) is 0 Å². The van der Waals surface area contributed by atoms with Gasteiger partial charge in [-0.2, -0.15) is 10.2 Å². The van der Waals surface area contributed by atoms with Gasteiger partial charge in [0.25, 0.3) is 0 Å². The lowest BCUT2D eigenvalue weighted by Gasteiger charge is -2.07. The van der Waals surface area contributed by atoms with Gasteiger partial charge in [-0.1, -0.05) is 38.8 Å². The van der Waals surface area contributed by atoms with Gasteiger partial charge in [0.2, 0.25) is 0 Å². The van der Waals surface area contributed by atoms with E-state index in [9.17, 15) is 17.3 Å². The van der Waals surface area contributed by atoms with E-state index in [0.29, 0.717) is 24.2 Å². The van der Waals surface area contributed by atoms with E-state index in [1.54, 1.807) is 24.3 Å². The lowest BCUT2D eigenvalue weighted by molar-refractivity contribution is 0.629. The molecule has 0 N–H and O–H groups in total. The van der Waals surface area contributed by atoms with Crippen molar-refractivity contribution < 1.29 is 17.3 Å². The van der Waals surface area contributed by atoms with Crippen molar-refractivity contribution in [3.05, 3.63) is 69.7 Å². The average molecular weight is 530 g/mol. The highest BCUT2D eigenvalue weighted by molar-refractivity contribution is 7.13. The normalized spacial score (nSPS) is 11.8. The van der Waals surface area contributed by atoms with Gasteiger partial charge in [0.1, 0.15) is 0 Å². The molecule has 12 heteroatoms. The zero-order chi connectivity index (χ0) is 25.7. The molecular weight excluding hydrogens is 506 g/mol. The summed E-state index contributed by atoms with van der Waals surface area (Å²) in [6.45, 7) is 3.95. The minimum Gasteiger partial charge on any atom is -0.323 e. The fourth-order valence-corrected chi connectivity index (χ4v) is 5.72. The SMILES string of the molecule is CCCc1cc(-c2cccs2)n(B(F)F)c1/C=N/N=C/c1c(CCC)cc(-c2cccs2)n1B(F)F. The third kappa shape index (κ3) is 5.44. The van der Waals surface area contributed by atoms with E-state index in [2.05, 4.69) is 10.2 Å². The molecule has 4 heterocycles. The summed E-state index contributed by atoms with van der Waals surface area (Å²) in [5, 5.41) is 11.7. The standard InChI is InChI=1S/C24H24B2F4N4S2/c1-3-7-17-13-19(23-9-5-11-35-23)33(25(27)28)21(17)15-31-32-16-22-18(8-4-2)14-20(34(22)26(29)30)24-10-6-12-36-24/h5-6,9-16H,3-4,7-8H2,1-2H3/b31-15+,32-16+. The zero-order valence-electron chi connectivity index (χ0n) is 19.9. The molecular formula is C24H24B2F4N4S2. The molecule has 0 aliphatic rings. The molecule has 0 saturated heterocycles. The van der Waals surface area contributed by atoms with Crippen LogP contribution in [0.2, 0.25) is 0 Å². The van der Waals surface area contributed by atoms with Crippen molar-refractivity contribution in [2.24, 2.45) is 10.2 Å². The molecule has 0 amide bonds. The van der Waals surface area contributed by atoms with Crippen LogP contribution in [0.1, 0.15) is 49.2 Å². The first-order valence-corrected chi connectivity index (χ1v) is 13.4. The van der Waals surface area contributed by atoms with Crippen molar-refractivity contribution in [2.75, 3.05) is 0 Å². The van der Waals surface area contributed by atoms with Crippen molar-refractivity contribution in [2.45, 2.75) is 39.5 Å². The molecule has 0 aliphatic heterocycles. The van der Waals surface area contributed by atoms with Crippen molar-refractivity contribution in [3.8, 4) is 21.1 Å². The van der Waals surface area contributed by atoms with Crippen molar-refractivity contribution in [1.29, 1.82) is 0 Å². The van der Waals surface area contributed by atoms with E-state index in [4.69, 9.17) is 0 Å². The topological polar surface area (TPSA) is 34.6 Å². The van der Waals surface area contributed by atoms with Crippen LogP contribution in [0.4, 0.5) is 17.3 Å². The second kappa shape index (κ2) is 11.9. The molecule has 0 fully saturated rings. The fourth-order valence-electron chi connectivity index (χ4n) is 4.24. The summed E-state index contributed by atoms with van der Waals surface area (Å²) in [6, 6.07) is 10.8. The number of aromatic nitrogens is 2. The zero-order valence-corrected chi connectivity index (χ0v) is 21.5. The Labute approximate surface area is 216 Å². The van der Waals surface area contributed by atoms with Crippen LogP contribution >= 0.6 is 22.7 Å². The van der Waals surface area contributed by atoms with E-state index in [-0.39, 0.29) is 11.4 Å². The first-order chi connectivity index (χ1) is 17.5. The Balaban J connectivity index is 1.73. The predicted octanol–water partition coefficient (Wildman–Crippen LogP) is 7.65. The molecule has 0 aliphatic carbocycles. The smallest absolute Gasteiger partial charge is 0.323 e. The van der Waals surface area contributed by atoms with Gasteiger partial charge in [0.15, 0.2) is 0 Å². The first kappa shape index (κ1) is 26.2. The maximum absolute atomic E-state index is 14.1. The second-order valence-corrected chi connectivity index (χ2v) is 10.0. The molecule has 4 rings (SSSR count). The summed E-state index contributed by atoms with van der Waals surface area (Å²) in [6.07, 6.45) is 5.33. The Bertz CT molecular complexity index is 1220. The van der Waals surface area contributed by atoms with Gasteiger partial charge in [0, 0.05) is 9.75 Å². The van der Waals surface area contributed by atoms with Crippen LogP contribution in [0.15, 0.2) is 57.4 Å². The first-order valence-electron chi connectivity index (χ1n) is 11.6. The van der Waals surface area contributed by atoms with Crippen molar-refractivity contribution >= 4 is 49.9 Å². The number of aryl methyl sites for hydroxylation is 2. The van der Waals surface area contributed by atoms with E-state index >= 15 is 0 Å². The monoisotopic (exact) mass is 530 g/mol. The Morgan fingerprint density at radius 1 is 0.750 bits per heavy atom. The van der Waals surface area contributed by atoms with Gasteiger partial charge in [-0.3, -0.25) is 17.3 Å². The number of halogens is 4. The fraction of sp³-hybridized carbons (Fsp3) is 0.250. The molecule has 4 aromatic heterocycles. The number of rotatable bonds is 11. The quantitative estimate of drug-likeness (QED) is 0.0827.